The molecule has 0 saturated carbocycles. The molecule has 0 aromatic rings. The monoisotopic (exact) mass is 472 g/mol. The largest absolute Gasteiger partial charge is 1.00 e. The number of rotatable bonds is 22. The molecule has 0 saturated heterocycles. The maximum atomic E-state index is 11.0. The van der Waals surface area contributed by atoms with Crippen LogP contribution in [0.15, 0.2) is 0 Å². The second-order valence-electron chi connectivity index (χ2n) is 8.85. The van der Waals surface area contributed by atoms with E-state index in [1.807, 2.05) is 0 Å². The van der Waals surface area contributed by atoms with Crippen molar-refractivity contribution in [1.29, 1.82) is 0 Å². The first-order valence-corrected chi connectivity index (χ1v) is 14.0. The molecule has 0 spiro atoms. The first-order chi connectivity index (χ1) is 13.9. The molecule has 0 aromatic heterocycles. The molecule has 0 aliphatic heterocycles. The van der Waals surface area contributed by atoms with Crippen molar-refractivity contribution in [2.24, 2.45) is 0 Å². The summed E-state index contributed by atoms with van der Waals surface area (Å²) in [5.74, 6) is 0. The van der Waals surface area contributed by atoms with E-state index >= 15 is 0 Å². The van der Waals surface area contributed by atoms with Crippen molar-refractivity contribution in [3.8, 4) is 0 Å². The van der Waals surface area contributed by atoms with Crippen LogP contribution in [-0.2, 0) is 10.1 Å². The Morgan fingerprint density at radius 2 is 0.967 bits per heavy atom. The van der Waals surface area contributed by atoms with Crippen molar-refractivity contribution in [1.82, 2.24) is 0 Å². The van der Waals surface area contributed by atoms with E-state index in [0.717, 1.165) is 51.4 Å². The number of unbranched alkanes of at least 4 members (excludes halogenated alkanes) is 14. The van der Waals surface area contributed by atoms with Gasteiger partial charge >= 0.3 is 51.4 Å². The Bertz CT molecular complexity index is 442. The van der Waals surface area contributed by atoms with E-state index < -0.39 is 15.4 Å². The summed E-state index contributed by atoms with van der Waals surface area (Å²) in [6, 6.07) is 0. The molecule has 0 heterocycles. The molecule has 2 unspecified atom stereocenters. The van der Waals surface area contributed by atoms with Crippen LogP contribution in [-0.4, -0.2) is 29.4 Å². The van der Waals surface area contributed by atoms with Gasteiger partial charge in [0.05, 0.1) is 16.2 Å². The van der Waals surface area contributed by atoms with Crippen LogP contribution in [0.2, 0.25) is 0 Å². The summed E-state index contributed by atoms with van der Waals surface area (Å²) in [7, 11) is -4.12. The minimum atomic E-state index is -4.12. The summed E-state index contributed by atoms with van der Waals surface area (Å²) in [5.41, 5.74) is 0. The molecule has 0 aliphatic carbocycles. The van der Waals surface area contributed by atoms with Crippen LogP contribution >= 0.6 is 0 Å². The Morgan fingerprint density at radius 1 is 0.633 bits per heavy atom. The van der Waals surface area contributed by atoms with Crippen LogP contribution in [0.25, 0.3) is 0 Å². The summed E-state index contributed by atoms with van der Waals surface area (Å²) >= 11 is 0. The Kier molecular flexibility index (Phi) is 26.6. The van der Waals surface area contributed by atoms with E-state index in [1.165, 1.54) is 64.2 Å². The number of hydrogen-bond acceptors (Lipinski definition) is 4. The van der Waals surface area contributed by atoms with Gasteiger partial charge in [-0.05, 0) is 25.7 Å². The van der Waals surface area contributed by atoms with Gasteiger partial charge in [-0.15, -0.1) is 0 Å². The van der Waals surface area contributed by atoms with E-state index in [2.05, 4.69) is 6.92 Å². The van der Waals surface area contributed by atoms with Crippen LogP contribution in [0.5, 0.6) is 0 Å². The van der Waals surface area contributed by atoms with Crippen molar-refractivity contribution in [2.45, 2.75) is 154 Å². The van der Waals surface area contributed by atoms with Gasteiger partial charge in [-0.25, -0.2) is 8.42 Å². The average Bonchev–Trinajstić information content (AvgIpc) is 2.67. The van der Waals surface area contributed by atoms with Gasteiger partial charge in [0.1, 0.15) is 0 Å². The molecular weight excluding hydrogens is 423 g/mol. The second-order valence-corrected chi connectivity index (χ2v) is 10.5. The number of hydrogen-bond donors (Lipinski definition) is 1. The van der Waals surface area contributed by atoms with Gasteiger partial charge in [0, 0.05) is 5.25 Å². The molecule has 4 nitrogen and oxygen atoms in total. The Morgan fingerprint density at radius 3 is 1.30 bits per heavy atom. The van der Waals surface area contributed by atoms with E-state index in [-0.39, 0.29) is 57.5 Å². The Hall–Kier alpha value is 1.51. The predicted molar refractivity (Wildman–Crippen MR) is 123 cm³/mol. The fourth-order valence-corrected chi connectivity index (χ4v) is 4.89. The quantitative estimate of drug-likeness (QED) is 0.146. The molecule has 176 valence electrons. The molecule has 0 amide bonds. The SMILES string of the molecule is CCCCCCCCCCCC(O)CCCCCCCCCC(CC)S(=O)(=O)[O-].[K+]. The zero-order valence-corrected chi connectivity index (χ0v) is 24.3. The average molecular weight is 473 g/mol. The first kappa shape index (κ1) is 33.7. The van der Waals surface area contributed by atoms with Crippen LogP contribution in [0.1, 0.15) is 142 Å². The molecule has 0 aromatic carbocycles. The molecule has 0 bridgehead atoms. The third kappa shape index (κ3) is 22.7. The Balaban J connectivity index is 0. The molecule has 0 fully saturated rings. The van der Waals surface area contributed by atoms with Gasteiger partial charge in [0.2, 0.25) is 0 Å². The van der Waals surface area contributed by atoms with Gasteiger partial charge in [-0.3, -0.25) is 0 Å². The van der Waals surface area contributed by atoms with Crippen LogP contribution in [0.4, 0.5) is 0 Å². The van der Waals surface area contributed by atoms with Crippen molar-refractivity contribution in [3.05, 3.63) is 0 Å². The van der Waals surface area contributed by atoms with E-state index in [1.54, 1.807) is 6.92 Å². The normalized spacial score (nSPS) is 13.7. The molecular formula is C24H49KO4S. The molecule has 30 heavy (non-hydrogen) atoms. The number of aliphatic hydroxyl groups excluding tert-OH is 1. The van der Waals surface area contributed by atoms with E-state index in [0.29, 0.717) is 12.8 Å². The van der Waals surface area contributed by atoms with Crippen LogP contribution < -0.4 is 51.4 Å². The van der Waals surface area contributed by atoms with Crippen LogP contribution in [0, 0.1) is 0 Å². The predicted octanol–water partition coefficient (Wildman–Crippen LogP) is 4.11. The summed E-state index contributed by atoms with van der Waals surface area (Å²) in [4.78, 5) is 0. The smallest absolute Gasteiger partial charge is 0.748 e. The third-order valence-electron chi connectivity index (χ3n) is 6.07. The summed E-state index contributed by atoms with van der Waals surface area (Å²) < 4.78 is 33.1. The standard InChI is InChI=1S/C24H50O4S.K/c1-3-5-6-7-8-9-11-14-17-20-23(25)21-18-15-12-10-13-16-19-22-24(4-2)29(26,27)28;/h23-25H,3-22H2,1-2H3,(H,26,27,28);/q;+1/p-1. The third-order valence-corrected chi connectivity index (χ3v) is 7.45. The van der Waals surface area contributed by atoms with Crippen LogP contribution in [0.3, 0.4) is 0 Å². The summed E-state index contributed by atoms with van der Waals surface area (Å²) in [5, 5.41) is 9.39. The van der Waals surface area contributed by atoms with Gasteiger partial charge in [-0.1, -0.05) is 117 Å². The first-order valence-electron chi connectivity index (χ1n) is 12.5. The molecule has 0 aliphatic rings. The fourth-order valence-electron chi connectivity index (χ4n) is 4.02. The van der Waals surface area contributed by atoms with Gasteiger partial charge in [0.15, 0.2) is 0 Å². The zero-order chi connectivity index (χ0) is 21.8. The summed E-state index contributed by atoms with van der Waals surface area (Å²) in [6.07, 6.45) is 22.2. The fraction of sp³-hybridized carbons (Fsp3) is 1.00. The maximum Gasteiger partial charge on any atom is 1.00 e. The van der Waals surface area contributed by atoms with Crippen molar-refractivity contribution < 1.29 is 69.5 Å². The topological polar surface area (TPSA) is 77.4 Å². The number of aliphatic hydroxyl groups is 1. The van der Waals surface area contributed by atoms with E-state index in [4.69, 9.17) is 0 Å². The van der Waals surface area contributed by atoms with Gasteiger partial charge in [0.25, 0.3) is 0 Å². The second kappa shape index (κ2) is 23.7. The van der Waals surface area contributed by atoms with Gasteiger partial charge in [-0.2, -0.15) is 0 Å². The molecule has 0 rings (SSSR count). The molecule has 2 atom stereocenters. The molecule has 6 heteroatoms. The van der Waals surface area contributed by atoms with E-state index in [9.17, 15) is 18.1 Å². The zero-order valence-electron chi connectivity index (χ0n) is 20.4. The van der Waals surface area contributed by atoms with Gasteiger partial charge < -0.3 is 9.66 Å². The minimum absolute atomic E-state index is 0. The summed E-state index contributed by atoms with van der Waals surface area (Å²) in [6.45, 7) is 4.02. The molecule has 1 N–H and O–H groups in total. The van der Waals surface area contributed by atoms with Crippen molar-refractivity contribution >= 4 is 10.1 Å². The van der Waals surface area contributed by atoms with Crippen molar-refractivity contribution in [3.63, 3.8) is 0 Å². The van der Waals surface area contributed by atoms with Crippen molar-refractivity contribution in [2.75, 3.05) is 0 Å². The minimum Gasteiger partial charge on any atom is -0.748 e. The maximum absolute atomic E-state index is 11.0. The molecule has 0 radical (unpaired) electrons. The Labute approximate surface area is 230 Å².